The van der Waals surface area contributed by atoms with E-state index in [0.29, 0.717) is 28.5 Å². The molecule has 4 atom stereocenters. The Kier molecular flexibility index (Phi) is 11.6. The Hall–Kier alpha value is -4.75. The molecule has 4 N–H and O–H groups in total. The van der Waals surface area contributed by atoms with Crippen LogP contribution in [0.3, 0.4) is 0 Å². The Morgan fingerprint density at radius 2 is 1.66 bits per heavy atom. The van der Waals surface area contributed by atoms with Gasteiger partial charge in [-0.25, -0.2) is 19.4 Å². The van der Waals surface area contributed by atoms with Crippen molar-refractivity contribution in [2.45, 2.75) is 49.0 Å². The van der Waals surface area contributed by atoms with Gasteiger partial charge in [0.2, 0.25) is 0 Å². The van der Waals surface area contributed by atoms with Crippen LogP contribution >= 0.6 is 11.8 Å². The Bertz CT molecular complexity index is 1650. The minimum atomic E-state index is -1.05. The molecule has 1 saturated heterocycles. The highest BCUT2D eigenvalue weighted by molar-refractivity contribution is 7.99. The van der Waals surface area contributed by atoms with Crippen LogP contribution in [0.25, 0.3) is 0 Å². The van der Waals surface area contributed by atoms with Crippen LogP contribution in [0.2, 0.25) is 0 Å². The first-order valence-corrected chi connectivity index (χ1v) is 15.9. The number of rotatable bonds is 12. The number of anilines is 1. The molecule has 1 aromatic heterocycles. The van der Waals surface area contributed by atoms with Crippen molar-refractivity contribution in [3.05, 3.63) is 125 Å². The van der Waals surface area contributed by atoms with Gasteiger partial charge < -0.3 is 35.1 Å². The number of nitrogens with one attached hydrogen (secondary N) is 2. The van der Waals surface area contributed by atoms with Gasteiger partial charge in [0.25, 0.3) is 0 Å². The van der Waals surface area contributed by atoms with Gasteiger partial charge >= 0.3 is 18.0 Å². The molecular formula is C35H35N3O8S. The number of esters is 1. The molecule has 5 rings (SSSR count). The van der Waals surface area contributed by atoms with Gasteiger partial charge in [0.15, 0.2) is 6.29 Å². The molecule has 2 amide bonds. The Morgan fingerprint density at radius 1 is 0.936 bits per heavy atom. The van der Waals surface area contributed by atoms with Crippen LogP contribution in [-0.4, -0.2) is 58.2 Å². The van der Waals surface area contributed by atoms with E-state index in [-0.39, 0.29) is 30.8 Å². The molecule has 2 heterocycles. The number of ether oxygens (including phenoxy) is 3. The van der Waals surface area contributed by atoms with E-state index in [9.17, 15) is 24.6 Å². The standard InChI is InChI=1S/C35H35N3O8S/c1-44-33(42)29(18-22-6-3-2-4-7-22)38-35(43)37-26-15-13-25(14-16-26)34-45-27(21-47-31-28(32(40)41)8-5-17-36-31)19-30(46-34)24-11-9-23(20-39)10-12-24/h2-17,27,29-30,34,39H,18-21H2,1H3,(H,40,41)(H2,37,38,43). The lowest BCUT2D eigenvalue weighted by Crippen LogP contribution is -2.45. The van der Waals surface area contributed by atoms with Crippen LogP contribution in [0, 0.1) is 0 Å². The fourth-order valence-electron chi connectivity index (χ4n) is 5.10. The van der Waals surface area contributed by atoms with E-state index in [1.54, 1.807) is 36.5 Å². The first kappa shape index (κ1) is 33.6. The predicted octanol–water partition coefficient (Wildman–Crippen LogP) is 5.52. The molecule has 3 aromatic carbocycles. The third kappa shape index (κ3) is 9.17. The van der Waals surface area contributed by atoms with Crippen molar-refractivity contribution < 1.29 is 38.8 Å². The predicted molar refractivity (Wildman–Crippen MR) is 175 cm³/mol. The summed E-state index contributed by atoms with van der Waals surface area (Å²) >= 11 is 1.31. The molecule has 1 aliphatic heterocycles. The largest absolute Gasteiger partial charge is 0.478 e. The average molecular weight is 658 g/mol. The van der Waals surface area contributed by atoms with E-state index in [0.717, 1.165) is 16.7 Å². The first-order chi connectivity index (χ1) is 22.8. The Balaban J connectivity index is 1.27. The molecule has 11 nitrogen and oxygen atoms in total. The molecule has 0 radical (unpaired) electrons. The van der Waals surface area contributed by atoms with Gasteiger partial charge in [-0.05, 0) is 41.0 Å². The lowest BCUT2D eigenvalue weighted by Gasteiger charge is -2.36. The highest BCUT2D eigenvalue weighted by atomic mass is 32.2. The molecule has 4 aromatic rings. The number of carbonyl (C=O) groups is 3. The zero-order chi connectivity index (χ0) is 33.2. The maximum absolute atomic E-state index is 12.8. The average Bonchev–Trinajstić information content (AvgIpc) is 3.10. The van der Waals surface area contributed by atoms with Gasteiger partial charge in [-0.3, -0.25) is 0 Å². The van der Waals surface area contributed by atoms with Gasteiger partial charge in [-0.1, -0.05) is 66.7 Å². The number of thioether (sulfide) groups is 1. The van der Waals surface area contributed by atoms with Crippen molar-refractivity contribution in [2.24, 2.45) is 0 Å². The maximum atomic E-state index is 12.8. The van der Waals surface area contributed by atoms with Gasteiger partial charge in [0.05, 0.1) is 31.5 Å². The van der Waals surface area contributed by atoms with Crippen molar-refractivity contribution in [3.63, 3.8) is 0 Å². The summed E-state index contributed by atoms with van der Waals surface area (Å²) in [6.45, 7) is -0.0679. The van der Waals surface area contributed by atoms with E-state index in [2.05, 4.69) is 15.6 Å². The van der Waals surface area contributed by atoms with Crippen molar-refractivity contribution in [1.29, 1.82) is 0 Å². The number of nitrogens with zero attached hydrogens (tertiary/aromatic N) is 1. The number of aliphatic hydroxyl groups excluding tert-OH is 1. The number of amides is 2. The van der Waals surface area contributed by atoms with Crippen LogP contribution < -0.4 is 10.6 Å². The summed E-state index contributed by atoms with van der Waals surface area (Å²) in [4.78, 5) is 41.1. The molecule has 0 spiro atoms. The van der Waals surface area contributed by atoms with Crippen LogP contribution in [0.15, 0.2) is 102 Å². The number of carbonyl (C=O) groups excluding carboxylic acids is 2. The number of hydrogen-bond donors (Lipinski definition) is 4. The van der Waals surface area contributed by atoms with Gasteiger partial charge in [-0.2, -0.15) is 0 Å². The van der Waals surface area contributed by atoms with Crippen LogP contribution in [0.1, 0.15) is 51.4 Å². The summed E-state index contributed by atoms with van der Waals surface area (Å²) in [7, 11) is 1.28. The summed E-state index contributed by atoms with van der Waals surface area (Å²) in [5.74, 6) is -1.17. The minimum absolute atomic E-state index is 0.0679. The fraction of sp³-hybridized carbons (Fsp3) is 0.257. The molecule has 4 unspecified atom stereocenters. The van der Waals surface area contributed by atoms with E-state index in [1.807, 2.05) is 54.6 Å². The summed E-state index contributed by atoms with van der Waals surface area (Å²) in [6.07, 6.45) is 0.949. The molecule has 0 aliphatic carbocycles. The minimum Gasteiger partial charge on any atom is -0.478 e. The number of hydrogen-bond acceptors (Lipinski definition) is 9. The van der Waals surface area contributed by atoms with Crippen molar-refractivity contribution in [1.82, 2.24) is 10.3 Å². The monoisotopic (exact) mass is 657 g/mol. The number of urea groups is 1. The van der Waals surface area contributed by atoms with Gasteiger partial charge in [-0.15, -0.1) is 11.8 Å². The van der Waals surface area contributed by atoms with E-state index in [1.165, 1.54) is 24.9 Å². The molecule has 244 valence electrons. The molecular weight excluding hydrogens is 622 g/mol. The second-order valence-corrected chi connectivity index (χ2v) is 11.8. The van der Waals surface area contributed by atoms with Crippen molar-refractivity contribution in [2.75, 3.05) is 18.2 Å². The zero-order valence-corrected chi connectivity index (χ0v) is 26.4. The van der Waals surface area contributed by atoms with Gasteiger partial charge in [0.1, 0.15) is 11.1 Å². The molecule has 47 heavy (non-hydrogen) atoms. The molecule has 1 fully saturated rings. The SMILES string of the molecule is COC(=O)C(Cc1ccccc1)NC(=O)Nc1ccc(C2OC(CSc3ncccc3C(=O)O)CC(c3ccc(CO)cc3)O2)cc1. The lowest BCUT2D eigenvalue weighted by molar-refractivity contribution is -0.245. The van der Waals surface area contributed by atoms with E-state index in [4.69, 9.17) is 14.2 Å². The van der Waals surface area contributed by atoms with Crippen molar-refractivity contribution in [3.8, 4) is 0 Å². The smallest absolute Gasteiger partial charge is 0.338 e. The second-order valence-electron chi connectivity index (χ2n) is 10.8. The third-order valence-corrected chi connectivity index (χ3v) is 8.67. The van der Waals surface area contributed by atoms with Crippen LogP contribution in [0.5, 0.6) is 0 Å². The fourth-order valence-corrected chi connectivity index (χ4v) is 6.10. The van der Waals surface area contributed by atoms with Gasteiger partial charge in [0, 0.05) is 36.0 Å². The third-order valence-electron chi connectivity index (χ3n) is 7.54. The summed E-state index contributed by atoms with van der Waals surface area (Å²) < 4.78 is 17.6. The van der Waals surface area contributed by atoms with Crippen LogP contribution in [0.4, 0.5) is 10.5 Å². The Morgan fingerprint density at radius 3 is 2.34 bits per heavy atom. The normalized spacial score (nSPS) is 18.1. The van der Waals surface area contributed by atoms with Crippen molar-refractivity contribution >= 4 is 35.4 Å². The van der Waals surface area contributed by atoms with Crippen LogP contribution in [-0.2, 0) is 32.0 Å². The summed E-state index contributed by atoms with van der Waals surface area (Å²) in [5.41, 5.74) is 3.91. The highest BCUT2D eigenvalue weighted by Crippen LogP contribution is 2.39. The number of pyridine rings is 1. The Labute approximate surface area is 276 Å². The first-order valence-electron chi connectivity index (χ1n) is 14.9. The number of carboxylic acids is 1. The summed E-state index contributed by atoms with van der Waals surface area (Å²) in [5, 5.41) is 24.9. The van der Waals surface area contributed by atoms with E-state index >= 15 is 0 Å². The quantitative estimate of drug-likeness (QED) is 0.113. The number of aromatic nitrogens is 1. The second kappa shape index (κ2) is 16.2. The highest BCUT2D eigenvalue weighted by Gasteiger charge is 2.33. The number of aromatic carboxylic acids is 1. The summed E-state index contributed by atoms with van der Waals surface area (Å²) in [6, 6.07) is 25.5. The number of methoxy groups -OCH3 is 1. The number of carboxylic acid groups (broad SMARTS) is 1. The molecule has 12 heteroatoms. The number of aliphatic hydroxyl groups is 1. The molecule has 1 aliphatic rings. The number of benzene rings is 3. The topological polar surface area (TPSA) is 156 Å². The molecule has 0 saturated carbocycles. The maximum Gasteiger partial charge on any atom is 0.338 e. The molecule has 0 bridgehead atoms. The zero-order valence-electron chi connectivity index (χ0n) is 25.6. The van der Waals surface area contributed by atoms with E-state index < -0.39 is 30.3 Å². The lowest BCUT2D eigenvalue weighted by atomic mass is 10.0.